The molecule has 1 rings (SSSR count). The summed E-state index contributed by atoms with van der Waals surface area (Å²) in [6.07, 6.45) is 2.87. The highest BCUT2D eigenvalue weighted by Gasteiger charge is 2.04. The number of aromatic nitrogens is 2. The fourth-order valence-electron chi connectivity index (χ4n) is 1.86. The average Bonchev–Trinajstić information content (AvgIpc) is 2.45. The Labute approximate surface area is 127 Å². The zero-order valence-electron chi connectivity index (χ0n) is 13.6. The molecule has 0 atom stereocenters. The maximum atomic E-state index is 12.0. The van der Waals surface area contributed by atoms with Gasteiger partial charge in [-0.1, -0.05) is 13.8 Å². The van der Waals surface area contributed by atoms with Crippen molar-refractivity contribution >= 4 is 5.69 Å². The topological polar surface area (TPSA) is 59.4 Å². The van der Waals surface area contributed by atoms with Crippen LogP contribution in [0.15, 0.2) is 17.1 Å². The lowest BCUT2D eigenvalue weighted by atomic mass is 10.1. The van der Waals surface area contributed by atoms with Gasteiger partial charge in [0.2, 0.25) is 0 Å². The molecular formula is C15H28N4O2. The van der Waals surface area contributed by atoms with Crippen LogP contribution in [-0.2, 0) is 11.3 Å². The van der Waals surface area contributed by atoms with E-state index in [0.717, 1.165) is 31.7 Å². The van der Waals surface area contributed by atoms with Gasteiger partial charge in [-0.25, -0.2) is 4.68 Å². The van der Waals surface area contributed by atoms with Crippen LogP contribution in [0.2, 0.25) is 0 Å². The van der Waals surface area contributed by atoms with Gasteiger partial charge in [0.05, 0.1) is 25.0 Å². The highest BCUT2D eigenvalue weighted by molar-refractivity contribution is 5.41. The van der Waals surface area contributed by atoms with Crippen molar-refractivity contribution in [1.82, 2.24) is 15.1 Å². The minimum absolute atomic E-state index is 0.0672. The molecule has 6 nitrogen and oxygen atoms in total. The molecule has 1 N–H and O–H groups in total. The Kier molecular flexibility index (Phi) is 8.00. The summed E-state index contributed by atoms with van der Waals surface area (Å²) in [7, 11) is 3.59. The molecular weight excluding hydrogens is 268 g/mol. The Morgan fingerprint density at radius 3 is 2.81 bits per heavy atom. The Balaban J connectivity index is 2.45. The number of hydrogen-bond donors (Lipinski definition) is 1. The molecule has 0 bridgehead atoms. The molecule has 0 radical (unpaired) electrons. The van der Waals surface area contributed by atoms with E-state index in [0.29, 0.717) is 19.1 Å². The lowest BCUT2D eigenvalue weighted by molar-refractivity contribution is 0.206. The molecule has 1 heterocycles. The van der Waals surface area contributed by atoms with Gasteiger partial charge in [0.15, 0.2) is 0 Å². The first kappa shape index (κ1) is 17.7. The van der Waals surface area contributed by atoms with E-state index in [9.17, 15) is 4.79 Å². The van der Waals surface area contributed by atoms with Crippen LogP contribution in [-0.4, -0.2) is 50.2 Å². The number of methoxy groups -OCH3 is 1. The predicted molar refractivity (Wildman–Crippen MR) is 86.0 cm³/mol. The fraction of sp³-hybridized carbons (Fsp3) is 0.733. The van der Waals surface area contributed by atoms with Crippen molar-refractivity contribution in [2.24, 2.45) is 5.92 Å². The maximum absolute atomic E-state index is 12.0. The first-order valence-electron chi connectivity index (χ1n) is 7.52. The molecule has 0 unspecified atom stereocenters. The Hall–Kier alpha value is -1.40. The molecule has 0 fully saturated rings. The van der Waals surface area contributed by atoms with Crippen molar-refractivity contribution in [3.8, 4) is 0 Å². The van der Waals surface area contributed by atoms with Gasteiger partial charge in [-0.3, -0.25) is 4.79 Å². The second-order valence-electron chi connectivity index (χ2n) is 5.62. The number of ether oxygens (including phenoxy) is 1. The molecule has 6 heteroatoms. The molecule has 0 aliphatic rings. The van der Waals surface area contributed by atoms with E-state index in [1.165, 1.54) is 4.68 Å². The molecule has 0 spiro atoms. The molecule has 0 aliphatic carbocycles. The molecule has 120 valence electrons. The smallest absolute Gasteiger partial charge is 0.268 e. The van der Waals surface area contributed by atoms with Gasteiger partial charge in [-0.15, -0.1) is 0 Å². The van der Waals surface area contributed by atoms with Crippen LogP contribution in [0, 0.1) is 5.92 Å². The van der Waals surface area contributed by atoms with E-state index in [4.69, 9.17) is 4.74 Å². The second-order valence-corrected chi connectivity index (χ2v) is 5.62. The zero-order valence-corrected chi connectivity index (χ0v) is 13.6. The molecule has 1 aromatic rings. The third-order valence-electron chi connectivity index (χ3n) is 3.33. The third-order valence-corrected chi connectivity index (χ3v) is 3.33. The summed E-state index contributed by atoms with van der Waals surface area (Å²) in [5, 5.41) is 7.55. The van der Waals surface area contributed by atoms with Crippen LogP contribution in [0.1, 0.15) is 20.3 Å². The van der Waals surface area contributed by atoms with Crippen LogP contribution in [0.4, 0.5) is 5.69 Å². The van der Waals surface area contributed by atoms with E-state index < -0.39 is 0 Å². The van der Waals surface area contributed by atoms with E-state index in [1.54, 1.807) is 19.4 Å². The quantitative estimate of drug-likeness (QED) is 0.652. The first-order valence-corrected chi connectivity index (χ1v) is 7.52. The predicted octanol–water partition coefficient (Wildman–Crippen LogP) is 0.962. The number of nitrogens with zero attached hydrogens (tertiary/aromatic N) is 3. The summed E-state index contributed by atoms with van der Waals surface area (Å²) in [6, 6.07) is 1.62. The molecule has 0 aliphatic heterocycles. The Morgan fingerprint density at radius 2 is 2.19 bits per heavy atom. The second kappa shape index (κ2) is 9.52. The van der Waals surface area contributed by atoms with Crippen molar-refractivity contribution in [3.05, 3.63) is 22.6 Å². The normalized spacial score (nSPS) is 11.1. The van der Waals surface area contributed by atoms with Gasteiger partial charge in [0.1, 0.15) is 0 Å². The molecule has 21 heavy (non-hydrogen) atoms. The number of likely N-dealkylation sites (N-methyl/N-ethyl adjacent to an activating group) is 1. The van der Waals surface area contributed by atoms with Crippen LogP contribution in [0.5, 0.6) is 0 Å². The monoisotopic (exact) mass is 296 g/mol. The molecule has 0 amide bonds. The van der Waals surface area contributed by atoms with Crippen LogP contribution in [0.3, 0.4) is 0 Å². The Bertz CT molecular complexity index is 459. The molecule has 0 saturated carbocycles. The van der Waals surface area contributed by atoms with Gasteiger partial charge in [-0.2, -0.15) is 5.10 Å². The van der Waals surface area contributed by atoms with Crippen molar-refractivity contribution in [2.45, 2.75) is 26.8 Å². The van der Waals surface area contributed by atoms with E-state index in [1.807, 2.05) is 11.9 Å². The van der Waals surface area contributed by atoms with Gasteiger partial charge in [0, 0.05) is 33.3 Å². The third kappa shape index (κ3) is 6.73. The number of nitrogens with one attached hydrogen (secondary N) is 1. The van der Waals surface area contributed by atoms with Gasteiger partial charge >= 0.3 is 0 Å². The van der Waals surface area contributed by atoms with Gasteiger partial charge < -0.3 is 15.0 Å². The van der Waals surface area contributed by atoms with Crippen molar-refractivity contribution in [2.75, 3.05) is 45.3 Å². The van der Waals surface area contributed by atoms with Crippen LogP contribution in [0.25, 0.3) is 0 Å². The summed E-state index contributed by atoms with van der Waals surface area (Å²) in [5.74, 6) is 0.695. The first-order chi connectivity index (χ1) is 10.0. The summed E-state index contributed by atoms with van der Waals surface area (Å²) < 4.78 is 6.52. The van der Waals surface area contributed by atoms with E-state index >= 15 is 0 Å². The minimum Gasteiger partial charge on any atom is -0.383 e. The standard InChI is InChI=1S/C15H28N4O2/c1-13(2)5-6-16-7-8-19-15(20)11-14(12-17-19)18(3)9-10-21-4/h11-13,16H,5-10H2,1-4H3. The fourth-order valence-corrected chi connectivity index (χ4v) is 1.86. The lowest BCUT2D eigenvalue weighted by Gasteiger charge is -2.18. The molecule has 1 aromatic heterocycles. The maximum Gasteiger partial charge on any atom is 0.268 e. The van der Waals surface area contributed by atoms with E-state index in [2.05, 4.69) is 24.3 Å². The van der Waals surface area contributed by atoms with Crippen molar-refractivity contribution < 1.29 is 4.74 Å². The summed E-state index contributed by atoms with van der Waals surface area (Å²) >= 11 is 0. The average molecular weight is 296 g/mol. The molecule has 0 saturated heterocycles. The zero-order chi connectivity index (χ0) is 15.7. The highest BCUT2D eigenvalue weighted by Crippen LogP contribution is 2.06. The number of anilines is 1. The summed E-state index contributed by atoms with van der Waals surface area (Å²) in [6.45, 7) is 8.10. The summed E-state index contributed by atoms with van der Waals surface area (Å²) in [5.41, 5.74) is 0.753. The SMILES string of the molecule is COCCN(C)c1cnn(CCNCCC(C)C)c(=O)c1. The van der Waals surface area contributed by atoms with Crippen LogP contribution >= 0.6 is 0 Å². The summed E-state index contributed by atoms with van der Waals surface area (Å²) in [4.78, 5) is 14.0. The van der Waals surface area contributed by atoms with E-state index in [-0.39, 0.29) is 5.56 Å². The van der Waals surface area contributed by atoms with Crippen molar-refractivity contribution in [1.29, 1.82) is 0 Å². The minimum atomic E-state index is -0.0672. The van der Waals surface area contributed by atoms with Gasteiger partial charge in [-0.05, 0) is 18.9 Å². The van der Waals surface area contributed by atoms with Crippen molar-refractivity contribution in [3.63, 3.8) is 0 Å². The largest absolute Gasteiger partial charge is 0.383 e. The highest BCUT2D eigenvalue weighted by atomic mass is 16.5. The van der Waals surface area contributed by atoms with Crippen LogP contribution < -0.4 is 15.8 Å². The number of hydrogen-bond acceptors (Lipinski definition) is 5. The van der Waals surface area contributed by atoms with Gasteiger partial charge in [0.25, 0.3) is 5.56 Å². The Morgan fingerprint density at radius 1 is 1.43 bits per heavy atom. The lowest BCUT2D eigenvalue weighted by Crippen LogP contribution is -2.31. The molecule has 0 aromatic carbocycles. The number of rotatable bonds is 10.